The highest BCUT2D eigenvalue weighted by Crippen LogP contribution is 2.34. The van der Waals surface area contributed by atoms with Crippen LogP contribution in [0.25, 0.3) is 0 Å². The summed E-state index contributed by atoms with van der Waals surface area (Å²) in [6.45, 7) is 6.59. The van der Waals surface area contributed by atoms with Crippen molar-refractivity contribution < 1.29 is 9.47 Å². The van der Waals surface area contributed by atoms with E-state index in [4.69, 9.17) is 21.7 Å². The molecule has 1 aliphatic rings. The summed E-state index contributed by atoms with van der Waals surface area (Å²) >= 11 is 5.42. The molecule has 3 rings (SSSR count). The van der Waals surface area contributed by atoms with E-state index in [0.29, 0.717) is 5.11 Å². The Morgan fingerprint density at radius 3 is 2.65 bits per heavy atom. The predicted octanol–water partition coefficient (Wildman–Crippen LogP) is 4.08. The first kappa shape index (κ1) is 15.6. The van der Waals surface area contributed by atoms with Gasteiger partial charge in [0.15, 0.2) is 16.6 Å². The van der Waals surface area contributed by atoms with Crippen LogP contribution in [0.15, 0.2) is 36.4 Å². The van der Waals surface area contributed by atoms with Crippen LogP contribution in [-0.2, 0) is 0 Å². The number of hydrogen-bond acceptors (Lipinski definition) is 3. The maximum absolute atomic E-state index is 5.42. The van der Waals surface area contributed by atoms with Gasteiger partial charge in [-0.25, -0.2) is 0 Å². The molecule has 0 radical (unpaired) electrons. The number of hydrogen-bond donors (Lipinski definition) is 2. The quantitative estimate of drug-likeness (QED) is 0.831. The van der Waals surface area contributed by atoms with Crippen molar-refractivity contribution in [1.82, 2.24) is 5.32 Å². The number of thiocarbonyl (C=S) groups is 1. The van der Waals surface area contributed by atoms with Crippen molar-refractivity contribution in [2.45, 2.75) is 26.8 Å². The van der Waals surface area contributed by atoms with Gasteiger partial charge < -0.3 is 20.1 Å². The Hall–Kier alpha value is -2.27. The van der Waals surface area contributed by atoms with Gasteiger partial charge in [-0.2, -0.15) is 0 Å². The molecule has 4 nitrogen and oxygen atoms in total. The lowest BCUT2D eigenvalue weighted by molar-refractivity contribution is 0.174. The van der Waals surface area contributed by atoms with Crippen LogP contribution in [0.2, 0.25) is 0 Å². The molecule has 0 bridgehead atoms. The Kier molecular flexibility index (Phi) is 4.39. The normalized spacial score (nSPS) is 13.5. The molecule has 0 amide bonds. The number of fused-ring (bicyclic) bond motifs is 1. The van der Waals surface area contributed by atoms with Gasteiger partial charge >= 0.3 is 0 Å². The summed E-state index contributed by atoms with van der Waals surface area (Å²) in [4.78, 5) is 0. The first-order valence-electron chi connectivity index (χ1n) is 7.57. The van der Waals surface area contributed by atoms with Crippen LogP contribution in [0.1, 0.15) is 29.7 Å². The Balaban J connectivity index is 1.64. The molecule has 5 heteroatoms. The highest BCUT2D eigenvalue weighted by atomic mass is 32.1. The molecular formula is C18H20N2O2S. The molecule has 1 atom stereocenters. The smallest absolute Gasteiger partial charge is 0.231 e. The third kappa shape index (κ3) is 3.56. The molecule has 1 aliphatic heterocycles. The molecule has 120 valence electrons. The minimum absolute atomic E-state index is 0.129. The lowest BCUT2D eigenvalue weighted by Crippen LogP contribution is -2.31. The first-order chi connectivity index (χ1) is 11.0. The molecular weight excluding hydrogens is 308 g/mol. The van der Waals surface area contributed by atoms with Gasteiger partial charge in [-0.3, -0.25) is 0 Å². The van der Waals surface area contributed by atoms with Crippen molar-refractivity contribution in [3.05, 3.63) is 53.1 Å². The van der Waals surface area contributed by atoms with Crippen LogP contribution in [0, 0.1) is 13.8 Å². The fraction of sp³-hybridized carbons (Fsp3) is 0.278. The van der Waals surface area contributed by atoms with E-state index in [-0.39, 0.29) is 12.8 Å². The molecule has 0 saturated carbocycles. The van der Waals surface area contributed by atoms with Gasteiger partial charge in [0.25, 0.3) is 0 Å². The molecule has 0 spiro atoms. The van der Waals surface area contributed by atoms with Crippen molar-refractivity contribution in [3.8, 4) is 11.5 Å². The highest BCUT2D eigenvalue weighted by molar-refractivity contribution is 7.80. The van der Waals surface area contributed by atoms with E-state index in [9.17, 15) is 0 Å². The van der Waals surface area contributed by atoms with Crippen molar-refractivity contribution in [3.63, 3.8) is 0 Å². The van der Waals surface area contributed by atoms with Gasteiger partial charge in [0.2, 0.25) is 6.79 Å². The summed E-state index contributed by atoms with van der Waals surface area (Å²) in [7, 11) is 0. The molecule has 0 aromatic heterocycles. The number of anilines is 1. The molecule has 0 aliphatic carbocycles. The predicted molar refractivity (Wildman–Crippen MR) is 96.3 cm³/mol. The van der Waals surface area contributed by atoms with Crippen molar-refractivity contribution in [2.24, 2.45) is 0 Å². The largest absolute Gasteiger partial charge is 0.454 e. The van der Waals surface area contributed by atoms with E-state index in [1.165, 1.54) is 16.7 Å². The van der Waals surface area contributed by atoms with E-state index in [1.54, 1.807) is 0 Å². The number of rotatable bonds is 3. The Morgan fingerprint density at radius 2 is 1.87 bits per heavy atom. The monoisotopic (exact) mass is 328 g/mol. The SMILES string of the molecule is Cc1ccc(C(C)NC(=S)Nc2ccc3c(c2)OCO3)c(C)c1. The van der Waals surface area contributed by atoms with E-state index in [2.05, 4.69) is 49.6 Å². The zero-order chi connectivity index (χ0) is 16.4. The van der Waals surface area contributed by atoms with E-state index >= 15 is 0 Å². The van der Waals surface area contributed by atoms with Gasteiger partial charge in [0.1, 0.15) is 0 Å². The van der Waals surface area contributed by atoms with E-state index < -0.39 is 0 Å². The number of aryl methyl sites for hydroxylation is 2. The van der Waals surface area contributed by atoms with Crippen LogP contribution in [0.4, 0.5) is 5.69 Å². The summed E-state index contributed by atoms with van der Waals surface area (Å²) < 4.78 is 10.7. The lowest BCUT2D eigenvalue weighted by Gasteiger charge is -2.19. The van der Waals surface area contributed by atoms with Crippen LogP contribution in [0.3, 0.4) is 0 Å². The van der Waals surface area contributed by atoms with Crippen LogP contribution < -0.4 is 20.1 Å². The zero-order valence-electron chi connectivity index (χ0n) is 13.5. The maximum Gasteiger partial charge on any atom is 0.231 e. The van der Waals surface area contributed by atoms with Crippen molar-refractivity contribution in [1.29, 1.82) is 0 Å². The molecule has 2 aromatic carbocycles. The number of nitrogens with one attached hydrogen (secondary N) is 2. The fourth-order valence-electron chi connectivity index (χ4n) is 2.73. The average Bonchev–Trinajstić information content (AvgIpc) is 2.94. The highest BCUT2D eigenvalue weighted by Gasteiger charge is 2.14. The third-order valence-corrected chi connectivity index (χ3v) is 4.09. The van der Waals surface area contributed by atoms with Crippen molar-refractivity contribution in [2.75, 3.05) is 12.1 Å². The van der Waals surface area contributed by atoms with E-state index in [1.807, 2.05) is 18.2 Å². The number of ether oxygens (including phenoxy) is 2. The second-order valence-electron chi connectivity index (χ2n) is 5.75. The van der Waals surface area contributed by atoms with Crippen LogP contribution >= 0.6 is 12.2 Å². The summed E-state index contributed by atoms with van der Waals surface area (Å²) in [5, 5.41) is 7.09. The molecule has 2 aromatic rings. The minimum atomic E-state index is 0.129. The third-order valence-electron chi connectivity index (χ3n) is 3.87. The second-order valence-corrected chi connectivity index (χ2v) is 6.16. The topological polar surface area (TPSA) is 42.5 Å². The van der Waals surface area contributed by atoms with Gasteiger partial charge in [-0.1, -0.05) is 23.8 Å². The molecule has 0 fully saturated rings. The molecule has 1 heterocycles. The summed E-state index contributed by atoms with van der Waals surface area (Å²) in [5.41, 5.74) is 4.64. The molecule has 0 saturated heterocycles. The van der Waals surface area contributed by atoms with E-state index in [0.717, 1.165) is 17.2 Å². The second kappa shape index (κ2) is 6.46. The fourth-order valence-corrected chi connectivity index (χ4v) is 3.02. The average molecular weight is 328 g/mol. The molecule has 2 N–H and O–H groups in total. The molecule has 23 heavy (non-hydrogen) atoms. The van der Waals surface area contributed by atoms with Crippen LogP contribution in [-0.4, -0.2) is 11.9 Å². The zero-order valence-corrected chi connectivity index (χ0v) is 14.3. The van der Waals surface area contributed by atoms with Gasteiger partial charge in [-0.05, 0) is 56.2 Å². The standard InChI is InChI=1S/C18H20N2O2S/c1-11-4-6-15(12(2)8-11)13(3)19-18(23)20-14-5-7-16-17(9-14)22-10-21-16/h4-9,13H,10H2,1-3H3,(H2,19,20,23). The summed E-state index contributed by atoms with van der Waals surface area (Å²) in [5.74, 6) is 1.50. The Labute approximate surface area is 141 Å². The first-order valence-corrected chi connectivity index (χ1v) is 7.98. The van der Waals surface area contributed by atoms with Gasteiger partial charge in [0.05, 0.1) is 6.04 Å². The van der Waals surface area contributed by atoms with Crippen LogP contribution in [0.5, 0.6) is 11.5 Å². The lowest BCUT2D eigenvalue weighted by atomic mass is 10.0. The summed E-state index contributed by atoms with van der Waals surface area (Å²) in [6.07, 6.45) is 0. The van der Waals surface area contributed by atoms with Crippen molar-refractivity contribution >= 4 is 23.0 Å². The summed E-state index contributed by atoms with van der Waals surface area (Å²) in [6, 6.07) is 12.3. The Bertz CT molecular complexity index is 746. The number of benzene rings is 2. The maximum atomic E-state index is 5.42. The van der Waals surface area contributed by atoms with Gasteiger partial charge in [-0.15, -0.1) is 0 Å². The van der Waals surface area contributed by atoms with Gasteiger partial charge in [0, 0.05) is 11.8 Å². The Morgan fingerprint density at radius 1 is 1.09 bits per heavy atom. The minimum Gasteiger partial charge on any atom is -0.454 e. The molecule has 1 unspecified atom stereocenters.